The second-order valence-electron chi connectivity index (χ2n) is 4.98. The first-order valence-electron chi connectivity index (χ1n) is 6.78. The highest BCUT2D eigenvalue weighted by Crippen LogP contribution is 2.18. The molecule has 1 N–H and O–H groups in total. The average Bonchev–Trinajstić information content (AvgIpc) is 3.05. The van der Waals surface area contributed by atoms with Crippen LogP contribution in [0, 0.1) is 0 Å². The summed E-state index contributed by atoms with van der Waals surface area (Å²) in [6, 6.07) is 7.58. The molecule has 1 amide bonds. The largest absolute Gasteiger partial charge is 0.321 e. The lowest BCUT2D eigenvalue weighted by Gasteiger charge is -2.08. The van der Waals surface area contributed by atoms with Crippen molar-refractivity contribution in [3.05, 3.63) is 63.6 Å². The predicted octanol–water partition coefficient (Wildman–Crippen LogP) is 3.33. The smallest absolute Gasteiger partial charge is 0.275 e. The number of carbonyl (C=O) groups is 1. The highest BCUT2D eigenvalue weighted by Gasteiger charge is 2.15. The van der Waals surface area contributed by atoms with E-state index in [1.807, 2.05) is 35.1 Å². The van der Waals surface area contributed by atoms with Crippen LogP contribution in [0.4, 0.5) is 5.69 Å². The van der Waals surface area contributed by atoms with Crippen molar-refractivity contribution in [2.45, 2.75) is 6.54 Å². The molecule has 1 aromatic carbocycles. The van der Waals surface area contributed by atoms with Crippen molar-refractivity contribution in [2.75, 3.05) is 5.32 Å². The quantitative estimate of drug-likeness (QED) is 0.738. The van der Waals surface area contributed by atoms with Gasteiger partial charge in [0.25, 0.3) is 5.91 Å². The van der Waals surface area contributed by atoms with Crippen LogP contribution in [0.3, 0.4) is 0 Å². The minimum absolute atomic E-state index is 0.297. The molecule has 2 heterocycles. The van der Waals surface area contributed by atoms with Gasteiger partial charge in [0.2, 0.25) is 0 Å². The Bertz CT molecular complexity index is 838. The summed E-state index contributed by atoms with van der Waals surface area (Å²) >= 11 is 9.35. The molecule has 0 saturated carbocycles. The Hall–Kier alpha value is -2.12. The molecule has 6 nitrogen and oxygen atoms in total. The fourth-order valence-electron chi connectivity index (χ4n) is 2.22. The van der Waals surface area contributed by atoms with Crippen molar-refractivity contribution in [1.29, 1.82) is 0 Å². The Morgan fingerprint density at radius 3 is 2.83 bits per heavy atom. The highest BCUT2D eigenvalue weighted by molar-refractivity contribution is 9.10. The van der Waals surface area contributed by atoms with Gasteiger partial charge in [0.05, 0.1) is 28.4 Å². The lowest BCUT2D eigenvalue weighted by Crippen LogP contribution is -2.16. The molecule has 0 aliphatic carbocycles. The van der Waals surface area contributed by atoms with E-state index in [-0.39, 0.29) is 5.91 Å². The molecule has 3 aromatic rings. The second-order valence-corrected chi connectivity index (χ2v) is 6.30. The minimum atomic E-state index is -0.297. The summed E-state index contributed by atoms with van der Waals surface area (Å²) in [4.78, 5) is 12.3. The van der Waals surface area contributed by atoms with Crippen molar-refractivity contribution in [3.63, 3.8) is 0 Å². The van der Waals surface area contributed by atoms with Crippen molar-refractivity contribution in [1.82, 2.24) is 19.6 Å². The van der Waals surface area contributed by atoms with Gasteiger partial charge in [0, 0.05) is 18.9 Å². The first-order chi connectivity index (χ1) is 11.0. The molecule has 0 saturated heterocycles. The standard InChI is InChI=1S/C15H13BrClN5O/c1-21-14(13(17)7-18-21)15(23)20-12-4-2-3-10(5-12)8-22-9-11(16)6-19-22/h2-7,9H,8H2,1H3,(H,20,23). The zero-order valence-corrected chi connectivity index (χ0v) is 14.5. The molecule has 23 heavy (non-hydrogen) atoms. The van der Waals surface area contributed by atoms with Gasteiger partial charge in [-0.15, -0.1) is 0 Å². The number of nitrogens with zero attached hydrogens (tertiary/aromatic N) is 4. The van der Waals surface area contributed by atoms with Crippen LogP contribution in [-0.4, -0.2) is 25.5 Å². The van der Waals surface area contributed by atoms with Crippen LogP contribution < -0.4 is 5.32 Å². The number of rotatable bonds is 4. The van der Waals surface area contributed by atoms with Gasteiger partial charge in [-0.3, -0.25) is 14.2 Å². The summed E-state index contributed by atoms with van der Waals surface area (Å²) in [7, 11) is 1.67. The number of halogens is 2. The summed E-state index contributed by atoms with van der Waals surface area (Å²) in [5.74, 6) is -0.297. The van der Waals surface area contributed by atoms with Crippen molar-refractivity contribution in [3.8, 4) is 0 Å². The predicted molar refractivity (Wildman–Crippen MR) is 91.6 cm³/mol. The number of amides is 1. The molecule has 118 valence electrons. The van der Waals surface area contributed by atoms with Crippen LogP contribution >= 0.6 is 27.5 Å². The molecule has 0 spiro atoms. The van der Waals surface area contributed by atoms with Crippen LogP contribution in [0.5, 0.6) is 0 Å². The zero-order chi connectivity index (χ0) is 16.4. The maximum Gasteiger partial charge on any atom is 0.275 e. The van der Waals surface area contributed by atoms with E-state index in [2.05, 4.69) is 31.4 Å². The fraction of sp³-hybridized carbons (Fsp3) is 0.133. The van der Waals surface area contributed by atoms with E-state index in [1.165, 1.54) is 10.9 Å². The molecule has 0 radical (unpaired) electrons. The maximum atomic E-state index is 12.3. The summed E-state index contributed by atoms with van der Waals surface area (Å²) < 4.78 is 4.18. The topological polar surface area (TPSA) is 64.7 Å². The third-order valence-electron chi connectivity index (χ3n) is 3.24. The number of hydrogen-bond acceptors (Lipinski definition) is 3. The molecule has 2 aromatic heterocycles. The molecule has 0 atom stereocenters. The Kier molecular flexibility index (Phi) is 4.49. The lowest BCUT2D eigenvalue weighted by molar-refractivity contribution is 0.101. The average molecular weight is 395 g/mol. The first-order valence-corrected chi connectivity index (χ1v) is 7.96. The first kappa shape index (κ1) is 15.8. The molecule has 3 rings (SSSR count). The van der Waals surface area contributed by atoms with Crippen LogP contribution in [-0.2, 0) is 13.6 Å². The SMILES string of the molecule is Cn1ncc(Cl)c1C(=O)Nc1cccc(Cn2cc(Br)cn2)c1. The molecular formula is C15H13BrClN5O. The fourth-order valence-corrected chi connectivity index (χ4v) is 2.80. The highest BCUT2D eigenvalue weighted by atomic mass is 79.9. The molecular weight excluding hydrogens is 382 g/mol. The van der Waals surface area contributed by atoms with Crippen LogP contribution in [0.15, 0.2) is 47.3 Å². The van der Waals surface area contributed by atoms with Crippen LogP contribution in [0.2, 0.25) is 5.02 Å². The summed E-state index contributed by atoms with van der Waals surface area (Å²) in [6.07, 6.45) is 5.07. The monoisotopic (exact) mass is 393 g/mol. The van der Waals surface area contributed by atoms with Gasteiger partial charge in [-0.1, -0.05) is 23.7 Å². The van der Waals surface area contributed by atoms with Crippen molar-refractivity contribution >= 4 is 39.1 Å². The minimum Gasteiger partial charge on any atom is -0.321 e. The van der Waals surface area contributed by atoms with Gasteiger partial charge in [-0.25, -0.2) is 0 Å². The van der Waals surface area contributed by atoms with Gasteiger partial charge < -0.3 is 5.32 Å². The number of anilines is 1. The maximum absolute atomic E-state index is 12.3. The van der Waals surface area contributed by atoms with Gasteiger partial charge in [-0.05, 0) is 33.6 Å². The second kappa shape index (κ2) is 6.55. The summed E-state index contributed by atoms with van der Waals surface area (Å²) in [5, 5.41) is 11.3. The van der Waals surface area contributed by atoms with Crippen LogP contribution in [0.1, 0.15) is 16.1 Å². The summed E-state index contributed by atoms with van der Waals surface area (Å²) in [5.41, 5.74) is 2.04. The van der Waals surface area contributed by atoms with E-state index in [0.717, 1.165) is 10.0 Å². The number of nitrogens with one attached hydrogen (secondary N) is 1. The van der Waals surface area contributed by atoms with E-state index in [0.29, 0.717) is 22.9 Å². The van der Waals surface area contributed by atoms with Crippen LogP contribution in [0.25, 0.3) is 0 Å². The van der Waals surface area contributed by atoms with E-state index in [1.54, 1.807) is 13.2 Å². The van der Waals surface area contributed by atoms with E-state index >= 15 is 0 Å². The number of aromatic nitrogens is 4. The van der Waals surface area contributed by atoms with Crippen molar-refractivity contribution in [2.24, 2.45) is 7.05 Å². The van der Waals surface area contributed by atoms with Gasteiger partial charge in [-0.2, -0.15) is 10.2 Å². The van der Waals surface area contributed by atoms with E-state index in [4.69, 9.17) is 11.6 Å². The zero-order valence-electron chi connectivity index (χ0n) is 12.2. The lowest BCUT2D eigenvalue weighted by atomic mass is 10.2. The number of hydrogen-bond donors (Lipinski definition) is 1. The third kappa shape index (κ3) is 3.62. The Labute approximate surface area is 146 Å². The number of benzene rings is 1. The Balaban J connectivity index is 1.76. The molecule has 8 heteroatoms. The molecule has 0 bridgehead atoms. The number of aryl methyl sites for hydroxylation is 1. The normalized spacial score (nSPS) is 10.7. The third-order valence-corrected chi connectivity index (χ3v) is 3.93. The van der Waals surface area contributed by atoms with E-state index in [9.17, 15) is 4.79 Å². The van der Waals surface area contributed by atoms with Crippen molar-refractivity contribution < 1.29 is 4.79 Å². The number of carbonyl (C=O) groups excluding carboxylic acids is 1. The Morgan fingerprint density at radius 1 is 1.35 bits per heavy atom. The molecule has 0 aliphatic rings. The molecule has 0 aliphatic heterocycles. The van der Waals surface area contributed by atoms with Gasteiger partial charge in [0.15, 0.2) is 0 Å². The summed E-state index contributed by atoms with van der Waals surface area (Å²) in [6.45, 7) is 0.613. The van der Waals surface area contributed by atoms with Gasteiger partial charge in [0.1, 0.15) is 5.69 Å². The molecule has 0 fully saturated rings. The molecule has 0 unspecified atom stereocenters. The Morgan fingerprint density at radius 2 is 2.17 bits per heavy atom. The van der Waals surface area contributed by atoms with Gasteiger partial charge >= 0.3 is 0 Å². The van der Waals surface area contributed by atoms with E-state index < -0.39 is 0 Å².